The van der Waals surface area contributed by atoms with E-state index in [1.54, 1.807) is 0 Å². The van der Waals surface area contributed by atoms with Crippen molar-refractivity contribution < 1.29 is 4.42 Å². The van der Waals surface area contributed by atoms with E-state index in [4.69, 9.17) is 4.42 Å². The van der Waals surface area contributed by atoms with Crippen LogP contribution in [0.1, 0.15) is 22.3 Å². The van der Waals surface area contributed by atoms with Gasteiger partial charge in [0, 0.05) is 10.8 Å². The quantitative estimate of drug-likeness (QED) is 0.229. The van der Waals surface area contributed by atoms with E-state index in [1.165, 1.54) is 72.1 Å². The Kier molecular flexibility index (Phi) is 5.09. The Labute approximate surface area is 234 Å². The molecule has 6 aromatic carbocycles. The highest BCUT2D eigenvalue weighted by Gasteiger charge is 2.27. The summed E-state index contributed by atoms with van der Waals surface area (Å²) in [5, 5.41) is 2.33. The lowest BCUT2D eigenvalue weighted by atomic mass is 9.81. The summed E-state index contributed by atoms with van der Waals surface area (Å²) >= 11 is 0. The average Bonchev–Trinajstić information content (AvgIpc) is 3.56. The van der Waals surface area contributed by atoms with Crippen LogP contribution in [0, 0.1) is 13.8 Å². The number of rotatable bonds is 3. The second-order valence-corrected chi connectivity index (χ2v) is 10.9. The van der Waals surface area contributed by atoms with E-state index in [-0.39, 0.29) is 0 Å². The van der Waals surface area contributed by atoms with Crippen molar-refractivity contribution in [3.05, 3.63) is 144 Å². The maximum Gasteiger partial charge on any atom is 0.136 e. The summed E-state index contributed by atoms with van der Waals surface area (Å²) in [5.74, 6) is 0. The number of hydrogen-bond donors (Lipinski definition) is 0. The lowest BCUT2D eigenvalue weighted by Crippen LogP contribution is -1.99. The zero-order valence-electron chi connectivity index (χ0n) is 22.7. The lowest BCUT2D eigenvalue weighted by Gasteiger charge is -2.22. The van der Waals surface area contributed by atoms with Gasteiger partial charge >= 0.3 is 0 Å². The molecule has 1 aliphatic rings. The zero-order chi connectivity index (χ0) is 26.8. The molecule has 0 fully saturated rings. The third-order valence-corrected chi connectivity index (χ3v) is 8.72. The summed E-state index contributed by atoms with van der Waals surface area (Å²) in [4.78, 5) is 0. The van der Waals surface area contributed by atoms with Crippen LogP contribution in [0.3, 0.4) is 0 Å². The fourth-order valence-corrected chi connectivity index (χ4v) is 6.76. The molecule has 190 valence electrons. The van der Waals surface area contributed by atoms with Gasteiger partial charge in [0.1, 0.15) is 11.2 Å². The van der Waals surface area contributed by atoms with Crippen LogP contribution in [-0.2, 0) is 6.42 Å². The van der Waals surface area contributed by atoms with Crippen molar-refractivity contribution >= 4 is 21.9 Å². The summed E-state index contributed by atoms with van der Waals surface area (Å²) in [5.41, 5.74) is 17.7. The molecule has 1 heterocycles. The molecule has 0 N–H and O–H groups in total. The first-order valence-corrected chi connectivity index (χ1v) is 14.0. The smallest absolute Gasteiger partial charge is 0.136 e. The van der Waals surface area contributed by atoms with Gasteiger partial charge in [0.15, 0.2) is 0 Å². The number of fused-ring (bicyclic) bond motifs is 6. The van der Waals surface area contributed by atoms with Gasteiger partial charge in [0.05, 0.1) is 0 Å². The van der Waals surface area contributed by atoms with Crippen LogP contribution in [-0.4, -0.2) is 0 Å². The minimum atomic E-state index is 0.924. The molecule has 0 amide bonds. The standard InChI is InChI=1S/C39H28O/c1-24-22-33-28-15-7-6-14-27(28)23-34(33)37(25(24)2)39-29(26-12-4-3-5-13-26)17-10-18-31(39)30-19-11-21-36-38(30)32-16-8-9-20-35(32)40-36/h3-22H,23H2,1-2H3. The predicted octanol–water partition coefficient (Wildman–Crippen LogP) is 10.8. The number of hydrogen-bond acceptors (Lipinski definition) is 1. The van der Waals surface area contributed by atoms with Crippen molar-refractivity contribution in [1.82, 2.24) is 0 Å². The average molecular weight is 513 g/mol. The first-order chi connectivity index (χ1) is 19.7. The van der Waals surface area contributed by atoms with Gasteiger partial charge in [-0.25, -0.2) is 0 Å². The molecule has 40 heavy (non-hydrogen) atoms. The first-order valence-electron chi connectivity index (χ1n) is 14.0. The Morgan fingerprint density at radius 2 is 1.20 bits per heavy atom. The monoisotopic (exact) mass is 512 g/mol. The van der Waals surface area contributed by atoms with Crippen molar-refractivity contribution in [3.8, 4) is 44.5 Å². The molecule has 1 heteroatoms. The fraction of sp³-hybridized carbons (Fsp3) is 0.0769. The van der Waals surface area contributed by atoms with Gasteiger partial charge in [-0.15, -0.1) is 0 Å². The molecule has 7 aromatic rings. The molecule has 0 bridgehead atoms. The van der Waals surface area contributed by atoms with Gasteiger partial charge in [-0.3, -0.25) is 0 Å². The van der Waals surface area contributed by atoms with E-state index in [0.717, 1.165) is 23.0 Å². The van der Waals surface area contributed by atoms with Crippen molar-refractivity contribution in [3.63, 3.8) is 0 Å². The predicted molar refractivity (Wildman–Crippen MR) is 168 cm³/mol. The Morgan fingerprint density at radius 1 is 0.525 bits per heavy atom. The van der Waals surface area contributed by atoms with Crippen LogP contribution in [0.5, 0.6) is 0 Å². The lowest BCUT2D eigenvalue weighted by molar-refractivity contribution is 0.669. The minimum Gasteiger partial charge on any atom is -0.456 e. The third-order valence-electron chi connectivity index (χ3n) is 8.72. The molecule has 1 aliphatic carbocycles. The van der Waals surface area contributed by atoms with Crippen LogP contribution in [0.2, 0.25) is 0 Å². The van der Waals surface area contributed by atoms with Gasteiger partial charge in [-0.2, -0.15) is 0 Å². The second-order valence-electron chi connectivity index (χ2n) is 10.9. The van der Waals surface area contributed by atoms with E-state index in [1.807, 2.05) is 6.07 Å². The van der Waals surface area contributed by atoms with Crippen LogP contribution in [0.4, 0.5) is 0 Å². The molecule has 0 aliphatic heterocycles. The number of para-hydroxylation sites is 1. The molecule has 8 rings (SSSR count). The van der Waals surface area contributed by atoms with Crippen molar-refractivity contribution in [2.75, 3.05) is 0 Å². The Morgan fingerprint density at radius 3 is 2.10 bits per heavy atom. The van der Waals surface area contributed by atoms with E-state index in [9.17, 15) is 0 Å². The van der Waals surface area contributed by atoms with Crippen molar-refractivity contribution in [2.45, 2.75) is 20.3 Å². The zero-order valence-corrected chi connectivity index (χ0v) is 22.7. The molecule has 1 nitrogen and oxygen atoms in total. The molecule has 0 atom stereocenters. The topological polar surface area (TPSA) is 13.1 Å². The molecule has 0 saturated carbocycles. The maximum absolute atomic E-state index is 6.33. The van der Waals surface area contributed by atoms with Crippen LogP contribution < -0.4 is 0 Å². The highest BCUT2D eigenvalue weighted by molar-refractivity contribution is 6.15. The molecular weight excluding hydrogens is 484 g/mol. The molecule has 1 aromatic heterocycles. The fourth-order valence-electron chi connectivity index (χ4n) is 6.76. The van der Waals surface area contributed by atoms with Gasteiger partial charge in [-0.05, 0) is 99.2 Å². The summed E-state index contributed by atoms with van der Waals surface area (Å²) < 4.78 is 6.33. The maximum atomic E-state index is 6.33. The number of aryl methyl sites for hydroxylation is 1. The summed E-state index contributed by atoms with van der Waals surface area (Å²) in [6.07, 6.45) is 0.948. The van der Waals surface area contributed by atoms with E-state index in [2.05, 4.69) is 129 Å². The molecular formula is C39H28O. The normalized spacial score (nSPS) is 12.2. The van der Waals surface area contributed by atoms with Crippen LogP contribution >= 0.6 is 0 Å². The first kappa shape index (κ1) is 23.0. The SMILES string of the molecule is Cc1cc2c(c(-c3c(-c4ccccc4)cccc3-c3cccc4oc5ccccc5c34)c1C)Cc1ccccc1-2. The number of furan rings is 1. The summed E-state index contributed by atoms with van der Waals surface area (Å²) in [7, 11) is 0. The molecule has 0 spiro atoms. The van der Waals surface area contributed by atoms with Gasteiger partial charge in [0.2, 0.25) is 0 Å². The van der Waals surface area contributed by atoms with Crippen LogP contribution in [0.15, 0.2) is 126 Å². The highest BCUT2D eigenvalue weighted by Crippen LogP contribution is 2.50. The minimum absolute atomic E-state index is 0.924. The Hall–Kier alpha value is -4.88. The van der Waals surface area contributed by atoms with Crippen molar-refractivity contribution in [2.24, 2.45) is 0 Å². The summed E-state index contributed by atoms with van der Waals surface area (Å²) in [6, 6.07) is 43.8. The largest absolute Gasteiger partial charge is 0.456 e. The Bertz CT molecular complexity index is 2090. The van der Waals surface area contributed by atoms with E-state index < -0.39 is 0 Å². The van der Waals surface area contributed by atoms with Crippen molar-refractivity contribution in [1.29, 1.82) is 0 Å². The Balaban J connectivity index is 1.52. The van der Waals surface area contributed by atoms with Gasteiger partial charge < -0.3 is 4.42 Å². The summed E-state index contributed by atoms with van der Waals surface area (Å²) in [6.45, 7) is 4.56. The van der Waals surface area contributed by atoms with Gasteiger partial charge in [0.25, 0.3) is 0 Å². The number of benzene rings is 6. The van der Waals surface area contributed by atoms with Crippen LogP contribution in [0.25, 0.3) is 66.4 Å². The molecule has 0 saturated heterocycles. The van der Waals surface area contributed by atoms with E-state index >= 15 is 0 Å². The molecule has 0 radical (unpaired) electrons. The van der Waals surface area contributed by atoms with E-state index in [0.29, 0.717) is 0 Å². The third kappa shape index (κ3) is 3.34. The van der Waals surface area contributed by atoms with Gasteiger partial charge in [-0.1, -0.05) is 109 Å². The highest BCUT2D eigenvalue weighted by atomic mass is 16.3. The second kappa shape index (κ2) is 8.83. The molecule has 0 unspecified atom stereocenters.